The minimum atomic E-state index is -2.98. The number of carbonyl (C=O) groups excluding carboxylic acids is 1. The summed E-state index contributed by atoms with van der Waals surface area (Å²) in [6, 6.07) is 3.77. The maximum Gasteiger partial charge on any atom is 0.387 e. The fourth-order valence-electron chi connectivity index (χ4n) is 2.92. The van der Waals surface area contributed by atoms with Crippen LogP contribution in [0.15, 0.2) is 35.8 Å². The van der Waals surface area contributed by atoms with Crippen LogP contribution in [-0.2, 0) is 9.53 Å². The average Bonchev–Trinajstić information content (AvgIpc) is 3.08. The van der Waals surface area contributed by atoms with Gasteiger partial charge in [-0.25, -0.2) is 9.48 Å². The summed E-state index contributed by atoms with van der Waals surface area (Å²) in [5.74, 6) is -0.0748. The Morgan fingerprint density at radius 1 is 1.37 bits per heavy atom. The minimum absolute atomic E-state index is 0.105. The maximum absolute atomic E-state index is 12.6. The molecule has 27 heavy (non-hydrogen) atoms. The third-order valence-electron chi connectivity index (χ3n) is 4.01. The van der Waals surface area contributed by atoms with Gasteiger partial charge in [-0.15, -0.1) is 0 Å². The Balaban J connectivity index is 2.10. The molecular weight excluding hydrogens is 362 g/mol. The molecular formula is C17H18F2N4O4. The lowest BCUT2D eigenvalue weighted by Gasteiger charge is -2.28. The van der Waals surface area contributed by atoms with Gasteiger partial charge >= 0.3 is 12.6 Å². The maximum atomic E-state index is 12.6. The number of esters is 1. The molecule has 0 spiro atoms. The van der Waals surface area contributed by atoms with Crippen molar-refractivity contribution in [1.82, 2.24) is 14.8 Å². The standard InChI is InChI=1S/C17H18F2N4O4/c1-4-26-15(24)13-9(2)22-17-20-8-21-23(17)14(13)10-5-6-11(27-16(18)19)12(7-10)25-3/h5-8,14,16H,4H2,1-3H3,(H,20,21,22). The van der Waals surface area contributed by atoms with Crippen LogP contribution >= 0.6 is 0 Å². The number of rotatable bonds is 6. The summed E-state index contributed by atoms with van der Waals surface area (Å²) in [5, 5.41) is 7.19. The molecule has 10 heteroatoms. The number of methoxy groups -OCH3 is 1. The predicted molar refractivity (Wildman–Crippen MR) is 90.7 cm³/mol. The van der Waals surface area contributed by atoms with Crippen molar-refractivity contribution < 1.29 is 27.8 Å². The Hall–Kier alpha value is -3.17. The summed E-state index contributed by atoms with van der Waals surface area (Å²) >= 11 is 0. The zero-order valence-electron chi connectivity index (χ0n) is 14.9. The van der Waals surface area contributed by atoms with Crippen molar-refractivity contribution in [1.29, 1.82) is 0 Å². The number of fused-ring (bicyclic) bond motifs is 1. The van der Waals surface area contributed by atoms with Gasteiger partial charge in [0.05, 0.1) is 19.3 Å². The van der Waals surface area contributed by atoms with E-state index in [0.717, 1.165) is 0 Å². The first-order chi connectivity index (χ1) is 13.0. The second kappa shape index (κ2) is 7.60. The first kappa shape index (κ1) is 18.6. The SMILES string of the molecule is CCOC(=O)C1=C(C)Nc2ncnn2C1c1ccc(OC(F)F)c(OC)c1. The van der Waals surface area contributed by atoms with Gasteiger partial charge in [0, 0.05) is 5.70 Å². The molecule has 2 aromatic rings. The molecule has 1 aliphatic heterocycles. The highest BCUT2D eigenvalue weighted by Gasteiger charge is 2.34. The van der Waals surface area contributed by atoms with Crippen LogP contribution in [0.1, 0.15) is 25.5 Å². The highest BCUT2D eigenvalue weighted by atomic mass is 19.3. The lowest BCUT2D eigenvalue weighted by molar-refractivity contribution is -0.139. The monoisotopic (exact) mass is 380 g/mol. The molecule has 0 saturated heterocycles. The zero-order valence-corrected chi connectivity index (χ0v) is 14.9. The number of nitrogens with zero attached hydrogens (tertiary/aromatic N) is 3. The van der Waals surface area contributed by atoms with Crippen molar-refractivity contribution >= 4 is 11.9 Å². The summed E-state index contributed by atoms with van der Waals surface area (Å²) in [6.45, 7) is 0.655. The average molecular weight is 380 g/mol. The van der Waals surface area contributed by atoms with E-state index in [1.54, 1.807) is 19.9 Å². The Bertz CT molecular complexity index is 882. The summed E-state index contributed by atoms with van der Waals surface area (Å²) in [5.41, 5.74) is 1.47. The van der Waals surface area contributed by atoms with E-state index in [-0.39, 0.29) is 18.1 Å². The second-order valence-corrected chi connectivity index (χ2v) is 5.60. The number of ether oxygens (including phenoxy) is 3. The molecule has 8 nitrogen and oxygen atoms in total. The van der Waals surface area contributed by atoms with E-state index in [9.17, 15) is 13.6 Å². The van der Waals surface area contributed by atoms with Crippen LogP contribution in [0.5, 0.6) is 11.5 Å². The Morgan fingerprint density at radius 3 is 2.81 bits per heavy atom. The number of nitrogens with one attached hydrogen (secondary N) is 1. The Morgan fingerprint density at radius 2 is 2.15 bits per heavy atom. The quantitative estimate of drug-likeness (QED) is 0.771. The molecule has 1 unspecified atom stereocenters. The minimum Gasteiger partial charge on any atom is -0.493 e. The van der Waals surface area contributed by atoms with E-state index in [2.05, 4.69) is 20.1 Å². The van der Waals surface area contributed by atoms with Crippen LogP contribution in [0, 0.1) is 0 Å². The van der Waals surface area contributed by atoms with Gasteiger partial charge in [-0.2, -0.15) is 18.9 Å². The highest BCUT2D eigenvalue weighted by molar-refractivity contribution is 5.92. The molecule has 0 fully saturated rings. The van der Waals surface area contributed by atoms with E-state index < -0.39 is 18.6 Å². The molecule has 1 aliphatic rings. The Labute approximate surface area is 153 Å². The number of anilines is 1. The van der Waals surface area contributed by atoms with Crippen molar-refractivity contribution in [2.75, 3.05) is 19.0 Å². The smallest absolute Gasteiger partial charge is 0.387 e. The lowest BCUT2D eigenvalue weighted by Crippen LogP contribution is -2.29. The van der Waals surface area contributed by atoms with Crippen molar-refractivity contribution in [2.24, 2.45) is 0 Å². The van der Waals surface area contributed by atoms with Crippen LogP contribution in [-0.4, -0.2) is 41.1 Å². The van der Waals surface area contributed by atoms with Crippen LogP contribution < -0.4 is 14.8 Å². The van der Waals surface area contributed by atoms with E-state index in [1.807, 2.05) is 0 Å². The number of hydrogen-bond acceptors (Lipinski definition) is 7. The molecule has 1 atom stereocenters. The molecule has 2 heterocycles. The molecule has 0 amide bonds. The molecule has 0 bridgehead atoms. The summed E-state index contributed by atoms with van der Waals surface area (Å²) in [6.07, 6.45) is 1.35. The second-order valence-electron chi connectivity index (χ2n) is 5.60. The van der Waals surface area contributed by atoms with E-state index in [4.69, 9.17) is 9.47 Å². The number of hydrogen-bond donors (Lipinski definition) is 1. The number of allylic oxidation sites excluding steroid dienone is 1. The normalized spacial score (nSPS) is 16.0. The molecule has 0 saturated carbocycles. The van der Waals surface area contributed by atoms with Gasteiger partial charge in [0.1, 0.15) is 12.4 Å². The van der Waals surface area contributed by atoms with Crippen molar-refractivity contribution in [2.45, 2.75) is 26.5 Å². The summed E-state index contributed by atoms with van der Waals surface area (Å²) in [7, 11) is 1.34. The summed E-state index contributed by atoms with van der Waals surface area (Å²) < 4.78 is 41.5. The highest BCUT2D eigenvalue weighted by Crippen LogP contribution is 2.39. The molecule has 3 rings (SSSR count). The number of carbonyl (C=O) groups is 1. The molecule has 0 radical (unpaired) electrons. The number of benzene rings is 1. The number of aromatic nitrogens is 3. The molecule has 1 aromatic heterocycles. The van der Waals surface area contributed by atoms with Gasteiger partial charge in [0.2, 0.25) is 5.95 Å². The van der Waals surface area contributed by atoms with Crippen LogP contribution in [0.25, 0.3) is 0 Å². The topological polar surface area (TPSA) is 87.5 Å². The van der Waals surface area contributed by atoms with Crippen molar-refractivity contribution in [3.05, 3.63) is 41.4 Å². The molecule has 1 N–H and O–H groups in total. The van der Waals surface area contributed by atoms with Gasteiger partial charge < -0.3 is 19.5 Å². The largest absolute Gasteiger partial charge is 0.493 e. The first-order valence-corrected chi connectivity index (χ1v) is 8.13. The predicted octanol–water partition coefficient (Wildman–Crippen LogP) is 2.74. The zero-order chi connectivity index (χ0) is 19.6. The van der Waals surface area contributed by atoms with Crippen LogP contribution in [0.2, 0.25) is 0 Å². The van der Waals surface area contributed by atoms with Crippen molar-refractivity contribution in [3.8, 4) is 11.5 Å². The fourth-order valence-corrected chi connectivity index (χ4v) is 2.92. The summed E-state index contributed by atoms with van der Waals surface area (Å²) in [4.78, 5) is 16.7. The third-order valence-corrected chi connectivity index (χ3v) is 4.01. The Kier molecular flexibility index (Phi) is 5.24. The van der Waals surface area contributed by atoms with Gasteiger partial charge in [0.25, 0.3) is 0 Å². The van der Waals surface area contributed by atoms with E-state index in [0.29, 0.717) is 22.8 Å². The third kappa shape index (κ3) is 3.55. The number of halogens is 2. The molecule has 144 valence electrons. The van der Waals surface area contributed by atoms with Crippen LogP contribution in [0.3, 0.4) is 0 Å². The first-order valence-electron chi connectivity index (χ1n) is 8.13. The van der Waals surface area contributed by atoms with Crippen LogP contribution in [0.4, 0.5) is 14.7 Å². The van der Waals surface area contributed by atoms with Gasteiger partial charge in [0.15, 0.2) is 11.5 Å². The van der Waals surface area contributed by atoms with E-state index >= 15 is 0 Å². The fraction of sp³-hybridized carbons (Fsp3) is 0.353. The van der Waals surface area contributed by atoms with Gasteiger partial charge in [-0.1, -0.05) is 6.07 Å². The van der Waals surface area contributed by atoms with E-state index in [1.165, 1.54) is 30.3 Å². The number of alkyl halides is 2. The molecule has 1 aromatic carbocycles. The van der Waals surface area contributed by atoms with Gasteiger partial charge in [-0.05, 0) is 31.5 Å². The van der Waals surface area contributed by atoms with Gasteiger partial charge in [-0.3, -0.25) is 0 Å². The lowest BCUT2D eigenvalue weighted by atomic mass is 9.95. The van der Waals surface area contributed by atoms with Crippen molar-refractivity contribution in [3.63, 3.8) is 0 Å². The molecule has 0 aliphatic carbocycles.